The molecule has 1 aromatic heterocycles. The number of nitrogens with one attached hydrogen (secondary N) is 1. The number of aryl methyl sites for hydroxylation is 1. The molecule has 0 radical (unpaired) electrons. The first-order valence-electron chi connectivity index (χ1n) is 18.0. The Hall–Kier alpha value is -4.64. The molecule has 2 amide bonds. The number of halogens is 4. The topological polar surface area (TPSA) is 56.6 Å². The number of alkyl halides is 3. The van der Waals surface area contributed by atoms with Crippen molar-refractivity contribution in [3.63, 3.8) is 0 Å². The second-order valence-electron chi connectivity index (χ2n) is 14.3. The van der Waals surface area contributed by atoms with Crippen LogP contribution in [-0.2, 0) is 19.3 Å². The molecule has 7 nitrogen and oxygen atoms in total. The zero-order valence-electron chi connectivity index (χ0n) is 28.8. The van der Waals surface area contributed by atoms with E-state index in [1.807, 2.05) is 34.8 Å². The number of aromatic nitrogens is 2. The quantitative estimate of drug-likeness (QED) is 0.188. The SMILES string of the molecule is CCC1C(C(C2CCN2)n2cc3c(n2)N(Cc2ccccc2C(F)(F)F)C(=O)N(C2CCN(c4c(C)cccc4F)CC2)C3)=Cc2ccccc21. The van der Waals surface area contributed by atoms with Gasteiger partial charge in [-0.2, -0.15) is 18.3 Å². The van der Waals surface area contributed by atoms with E-state index in [-0.39, 0.29) is 48.0 Å². The number of hydrogen-bond donors (Lipinski definition) is 1. The fourth-order valence-corrected chi connectivity index (χ4v) is 8.67. The van der Waals surface area contributed by atoms with Gasteiger partial charge in [-0.25, -0.2) is 9.18 Å². The van der Waals surface area contributed by atoms with Gasteiger partial charge in [0.05, 0.1) is 30.4 Å². The lowest BCUT2D eigenvalue weighted by Gasteiger charge is -2.43. The summed E-state index contributed by atoms with van der Waals surface area (Å²) in [7, 11) is 0. The van der Waals surface area contributed by atoms with E-state index >= 15 is 0 Å². The molecule has 1 aliphatic carbocycles. The largest absolute Gasteiger partial charge is 0.416 e. The number of nitrogens with zero attached hydrogens (tertiary/aromatic N) is 5. The van der Waals surface area contributed by atoms with Gasteiger partial charge >= 0.3 is 12.2 Å². The van der Waals surface area contributed by atoms with Crippen molar-refractivity contribution in [2.75, 3.05) is 29.4 Å². The minimum atomic E-state index is -4.57. The normalized spacial score (nSPS) is 21.3. The third kappa shape index (κ3) is 5.99. The Balaban J connectivity index is 1.15. The molecule has 51 heavy (non-hydrogen) atoms. The van der Waals surface area contributed by atoms with Gasteiger partial charge in [-0.3, -0.25) is 9.58 Å². The first kappa shape index (κ1) is 33.5. The summed E-state index contributed by atoms with van der Waals surface area (Å²) in [6, 6.07) is 18.4. The molecule has 11 heteroatoms. The Morgan fingerprint density at radius 2 is 1.73 bits per heavy atom. The molecule has 2 fully saturated rings. The molecule has 266 valence electrons. The van der Waals surface area contributed by atoms with Crippen LogP contribution in [0.4, 0.5) is 33.9 Å². The van der Waals surface area contributed by atoms with Crippen LogP contribution >= 0.6 is 0 Å². The number of hydrogen-bond acceptors (Lipinski definition) is 4. The van der Waals surface area contributed by atoms with Crippen molar-refractivity contribution in [1.82, 2.24) is 20.0 Å². The van der Waals surface area contributed by atoms with Crippen LogP contribution in [-0.4, -0.2) is 52.4 Å². The maximum absolute atomic E-state index is 14.9. The van der Waals surface area contributed by atoms with Crippen molar-refractivity contribution in [3.8, 4) is 0 Å². The highest BCUT2D eigenvalue weighted by Gasteiger charge is 2.43. The lowest BCUT2D eigenvalue weighted by Crippen LogP contribution is -2.54. The number of urea groups is 1. The van der Waals surface area contributed by atoms with Crippen molar-refractivity contribution in [2.24, 2.45) is 0 Å². The summed E-state index contributed by atoms with van der Waals surface area (Å²) in [5.74, 6) is 0.350. The van der Waals surface area contributed by atoms with E-state index < -0.39 is 11.7 Å². The van der Waals surface area contributed by atoms with E-state index in [1.54, 1.807) is 17.0 Å². The zero-order chi connectivity index (χ0) is 35.4. The first-order chi connectivity index (χ1) is 24.6. The molecule has 1 N–H and O–H groups in total. The lowest BCUT2D eigenvalue weighted by atomic mass is 9.83. The molecule has 3 unspecified atom stereocenters. The molecular weight excluding hydrogens is 656 g/mol. The van der Waals surface area contributed by atoms with Crippen LogP contribution in [0.15, 0.2) is 78.5 Å². The van der Waals surface area contributed by atoms with Gasteiger partial charge in [0.25, 0.3) is 0 Å². The predicted molar refractivity (Wildman–Crippen MR) is 190 cm³/mol. The van der Waals surface area contributed by atoms with Crippen molar-refractivity contribution in [1.29, 1.82) is 0 Å². The molecule has 2 saturated heterocycles. The van der Waals surface area contributed by atoms with Crippen LogP contribution in [0.2, 0.25) is 0 Å². The van der Waals surface area contributed by atoms with Crippen molar-refractivity contribution in [2.45, 2.75) is 82.8 Å². The summed E-state index contributed by atoms with van der Waals surface area (Å²) in [5.41, 5.74) is 5.24. The molecule has 0 bridgehead atoms. The number of amides is 2. The monoisotopic (exact) mass is 698 g/mol. The average Bonchev–Trinajstić information content (AvgIpc) is 3.69. The molecule has 0 spiro atoms. The Bertz CT molecular complexity index is 1960. The molecular formula is C40H42F4N6O. The number of carbonyl (C=O) groups is 1. The predicted octanol–water partition coefficient (Wildman–Crippen LogP) is 8.45. The Morgan fingerprint density at radius 1 is 0.980 bits per heavy atom. The maximum Gasteiger partial charge on any atom is 0.416 e. The lowest BCUT2D eigenvalue weighted by molar-refractivity contribution is -0.138. The summed E-state index contributed by atoms with van der Waals surface area (Å²) in [6.45, 7) is 6.14. The maximum atomic E-state index is 14.9. The van der Waals surface area contributed by atoms with Gasteiger partial charge in [0.2, 0.25) is 0 Å². The van der Waals surface area contributed by atoms with E-state index in [2.05, 4.69) is 36.5 Å². The van der Waals surface area contributed by atoms with Gasteiger partial charge in [0.15, 0.2) is 5.82 Å². The number of benzene rings is 3. The average molecular weight is 699 g/mol. The van der Waals surface area contributed by atoms with Crippen LogP contribution in [0.3, 0.4) is 0 Å². The van der Waals surface area contributed by atoms with Crippen LogP contribution in [0.25, 0.3) is 6.08 Å². The summed E-state index contributed by atoms with van der Waals surface area (Å²) in [5, 5.41) is 8.68. The fraction of sp³-hybridized carbons (Fsp3) is 0.400. The van der Waals surface area contributed by atoms with E-state index in [0.717, 1.165) is 36.6 Å². The number of para-hydroxylation sites is 1. The molecule has 4 aromatic rings. The number of anilines is 2. The number of rotatable bonds is 8. The summed E-state index contributed by atoms with van der Waals surface area (Å²) in [4.78, 5) is 19.8. The van der Waals surface area contributed by atoms with Gasteiger partial charge in [0.1, 0.15) is 5.82 Å². The summed E-state index contributed by atoms with van der Waals surface area (Å²) < 4.78 is 59.5. The molecule has 4 aliphatic rings. The minimum Gasteiger partial charge on any atom is -0.369 e. The Labute approximate surface area is 295 Å². The number of piperidine rings is 1. The molecule has 3 atom stereocenters. The molecule has 0 saturated carbocycles. The second kappa shape index (κ2) is 13.2. The van der Waals surface area contributed by atoms with Crippen LogP contribution < -0.4 is 15.1 Å². The van der Waals surface area contributed by atoms with Crippen molar-refractivity contribution >= 4 is 23.6 Å². The van der Waals surface area contributed by atoms with E-state index in [9.17, 15) is 22.4 Å². The zero-order valence-corrected chi connectivity index (χ0v) is 28.8. The van der Waals surface area contributed by atoms with E-state index in [4.69, 9.17) is 5.10 Å². The third-order valence-electron chi connectivity index (χ3n) is 11.3. The molecule has 3 aromatic carbocycles. The van der Waals surface area contributed by atoms with Gasteiger partial charge in [-0.05, 0) is 79.1 Å². The van der Waals surface area contributed by atoms with E-state index in [1.165, 1.54) is 39.8 Å². The second-order valence-corrected chi connectivity index (χ2v) is 14.3. The van der Waals surface area contributed by atoms with Crippen LogP contribution in [0.1, 0.15) is 77.9 Å². The van der Waals surface area contributed by atoms with Gasteiger partial charge in [0, 0.05) is 42.9 Å². The van der Waals surface area contributed by atoms with Crippen molar-refractivity contribution in [3.05, 3.63) is 118 Å². The summed E-state index contributed by atoms with van der Waals surface area (Å²) in [6.07, 6.45) is 2.81. The highest BCUT2D eigenvalue weighted by Crippen LogP contribution is 2.47. The number of carbonyl (C=O) groups excluding carboxylic acids is 1. The van der Waals surface area contributed by atoms with Gasteiger partial charge in [-0.15, -0.1) is 0 Å². The highest BCUT2D eigenvalue weighted by atomic mass is 19.4. The third-order valence-corrected chi connectivity index (χ3v) is 11.3. The fourth-order valence-electron chi connectivity index (χ4n) is 8.67. The summed E-state index contributed by atoms with van der Waals surface area (Å²) >= 11 is 0. The van der Waals surface area contributed by atoms with Gasteiger partial charge in [-0.1, -0.05) is 67.6 Å². The highest BCUT2D eigenvalue weighted by molar-refractivity contribution is 5.94. The van der Waals surface area contributed by atoms with Gasteiger partial charge < -0.3 is 15.1 Å². The van der Waals surface area contributed by atoms with E-state index in [0.29, 0.717) is 44.0 Å². The Morgan fingerprint density at radius 3 is 2.43 bits per heavy atom. The molecule has 3 aliphatic heterocycles. The first-order valence-corrected chi connectivity index (χ1v) is 18.0. The molecule has 8 rings (SSSR count). The molecule has 4 heterocycles. The van der Waals surface area contributed by atoms with Crippen molar-refractivity contribution < 1.29 is 22.4 Å². The standard InChI is InChI=1S/C40H42F4N6O/c1-3-30-31-12-6-4-10-26(31)21-32(30)37(35-15-18-45-35)50-24-28-23-48(29-16-19-47(20-17-29)36-25(2)9-8-14-34(36)41)39(51)49(38(28)46-50)22-27-11-5-7-13-33(27)40(42,43)44/h4-14,21,24,29-30,35,37,45H,3,15-20,22-23H2,1-2H3. The Kier molecular flexibility index (Phi) is 8.64. The number of fused-ring (bicyclic) bond motifs is 2. The van der Waals surface area contributed by atoms with Crippen LogP contribution in [0.5, 0.6) is 0 Å². The minimum absolute atomic E-state index is 0.0164. The smallest absolute Gasteiger partial charge is 0.369 e. The van der Waals surface area contributed by atoms with Crippen LogP contribution in [0, 0.1) is 12.7 Å².